The molecule has 1 heterocycles. The first-order chi connectivity index (χ1) is 12.6. The molecule has 0 aliphatic heterocycles. The lowest BCUT2D eigenvalue weighted by atomic mass is 10.1. The van der Waals surface area contributed by atoms with Crippen LogP contribution in [0.25, 0.3) is 10.8 Å². The van der Waals surface area contributed by atoms with Crippen LogP contribution in [-0.4, -0.2) is 29.0 Å². The van der Waals surface area contributed by atoms with Crippen LogP contribution in [-0.2, 0) is 0 Å². The predicted octanol–water partition coefficient (Wildman–Crippen LogP) is 3.93. The molecule has 0 spiro atoms. The summed E-state index contributed by atoms with van der Waals surface area (Å²) >= 11 is 0. The Hall–Kier alpha value is -2.99. The third-order valence-corrected chi connectivity index (χ3v) is 4.34. The fourth-order valence-electron chi connectivity index (χ4n) is 2.89. The highest BCUT2D eigenvalue weighted by Gasteiger charge is 2.21. The minimum absolute atomic E-state index is 0.233. The fraction of sp³-hybridized carbons (Fsp3) is 0.200. The average molecular weight is 352 g/mol. The number of fused-ring (bicyclic) bond motifs is 1. The number of nitrogens with two attached hydrogens (primary N) is 1. The molecule has 0 aliphatic rings. The summed E-state index contributed by atoms with van der Waals surface area (Å²) in [5, 5.41) is 4.92. The zero-order valence-electron chi connectivity index (χ0n) is 14.5. The number of hydrogen-bond donors (Lipinski definition) is 2. The van der Waals surface area contributed by atoms with Gasteiger partial charge in [-0.05, 0) is 48.2 Å². The van der Waals surface area contributed by atoms with Gasteiger partial charge in [0.25, 0.3) is 0 Å². The second-order valence-electron chi connectivity index (χ2n) is 6.08. The molecule has 2 aromatic carbocycles. The van der Waals surface area contributed by atoms with Gasteiger partial charge in [-0.1, -0.05) is 18.2 Å². The maximum Gasteiger partial charge on any atom is 0.322 e. The van der Waals surface area contributed by atoms with Crippen molar-refractivity contribution >= 4 is 22.5 Å². The van der Waals surface area contributed by atoms with Crippen molar-refractivity contribution < 1.29 is 9.18 Å². The summed E-state index contributed by atoms with van der Waals surface area (Å²) in [6.07, 6.45) is 3.49. The summed E-state index contributed by atoms with van der Waals surface area (Å²) < 4.78 is 13.2. The molecule has 5 nitrogen and oxygen atoms in total. The monoisotopic (exact) mass is 352 g/mol. The van der Waals surface area contributed by atoms with Crippen LogP contribution in [0.3, 0.4) is 0 Å². The lowest BCUT2D eigenvalue weighted by Gasteiger charge is -2.29. The Morgan fingerprint density at radius 3 is 2.69 bits per heavy atom. The van der Waals surface area contributed by atoms with Crippen molar-refractivity contribution in [2.24, 2.45) is 5.73 Å². The number of aromatic nitrogens is 1. The number of carbonyl (C=O) groups is 1. The van der Waals surface area contributed by atoms with E-state index in [1.807, 2.05) is 31.2 Å². The lowest BCUT2D eigenvalue weighted by molar-refractivity contribution is 0.195. The number of benzene rings is 2. The first-order valence-electron chi connectivity index (χ1n) is 8.45. The zero-order valence-corrected chi connectivity index (χ0v) is 14.5. The van der Waals surface area contributed by atoms with E-state index in [0.29, 0.717) is 18.8 Å². The van der Waals surface area contributed by atoms with E-state index < -0.39 is 0 Å². The Bertz CT molecular complexity index is 898. The van der Waals surface area contributed by atoms with Gasteiger partial charge in [0.2, 0.25) is 0 Å². The smallest absolute Gasteiger partial charge is 0.322 e. The molecule has 3 aromatic rings. The number of hydrogen-bond acceptors (Lipinski definition) is 3. The minimum Gasteiger partial charge on any atom is -0.329 e. The number of rotatable bonds is 5. The molecule has 3 rings (SSSR count). The molecule has 0 fully saturated rings. The molecule has 0 saturated carbocycles. The second-order valence-corrected chi connectivity index (χ2v) is 6.08. The number of urea groups is 1. The Morgan fingerprint density at radius 2 is 1.96 bits per heavy atom. The Morgan fingerprint density at radius 1 is 1.19 bits per heavy atom. The molecule has 0 aliphatic carbocycles. The summed E-state index contributed by atoms with van der Waals surface area (Å²) in [5.74, 6) is -0.304. The van der Waals surface area contributed by atoms with Crippen molar-refractivity contribution in [1.29, 1.82) is 0 Å². The van der Waals surface area contributed by atoms with Gasteiger partial charge in [-0.15, -0.1) is 0 Å². The number of nitrogens with zero attached hydrogens (tertiary/aromatic N) is 2. The molecule has 0 radical (unpaired) electrons. The molecule has 0 bridgehead atoms. The molecule has 2 amide bonds. The van der Waals surface area contributed by atoms with Gasteiger partial charge in [-0.2, -0.15) is 0 Å². The normalized spacial score (nSPS) is 12.0. The zero-order chi connectivity index (χ0) is 18.5. The molecule has 1 aromatic heterocycles. The van der Waals surface area contributed by atoms with E-state index in [1.54, 1.807) is 29.4 Å². The summed E-state index contributed by atoms with van der Waals surface area (Å²) in [6, 6.07) is 13.2. The maximum atomic E-state index is 13.2. The van der Waals surface area contributed by atoms with Crippen molar-refractivity contribution in [2.45, 2.75) is 13.0 Å². The number of anilines is 1. The highest BCUT2D eigenvalue weighted by atomic mass is 19.1. The number of pyridine rings is 1. The molecule has 134 valence electrons. The van der Waals surface area contributed by atoms with E-state index in [1.165, 1.54) is 12.1 Å². The third kappa shape index (κ3) is 3.97. The van der Waals surface area contributed by atoms with Gasteiger partial charge < -0.3 is 16.0 Å². The molecule has 26 heavy (non-hydrogen) atoms. The topological polar surface area (TPSA) is 71.2 Å². The van der Waals surface area contributed by atoms with Crippen molar-refractivity contribution in [1.82, 2.24) is 9.88 Å². The van der Waals surface area contributed by atoms with Crippen molar-refractivity contribution in [3.8, 4) is 0 Å². The Kier molecular flexibility index (Phi) is 5.43. The number of amides is 2. The van der Waals surface area contributed by atoms with Crippen molar-refractivity contribution in [3.05, 3.63) is 72.3 Å². The van der Waals surface area contributed by atoms with Gasteiger partial charge in [-0.25, -0.2) is 9.18 Å². The van der Waals surface area contributed by atoms with Gasteiger partial charge >= 0.3 is 6.03 Å². The summed E-state index contributed by atoms with van der Waals surface area (Å²) in [6.45, 7) is 2.62. The highest BCUT2D eigenvalue weighted by Crippen LogP contribution is 2.23. The molecular formula is C20H21FN4O. The van der Waals surface area contributed by atoms with Gasteiger partial charge in [0.1, 0.15) is 5.82 Å². The predicted molar refractivity (Wildman–Crippen MR) is 101 cm³/mol. The van der Waals surface area contributed by atoms with Crippen LogP contribution in [0.2, 0.25) is 0 Å². The second kappa shape index (κ2) is 7.93. The first kappa shape index (κ1) is 17.8. The van der Waals surface area contributed by atoms with Crippen molar-refractivity contribution in [3.63, 3.8) is 0 Å². The average Bonchev–Trinajstić information content (AvgIpc) is 2.66. The van der Waals surface area contributed by atoms with Gasteiger partial charge in [0.05, 0.1) is 6.04 Å². The van der Waals surface area contributed by atoms with Crippen LogP contribution in [0.4, 0.5) is 14.9 Å². The van der Waals surface area contributed by atoms with Crippen molar-refractivity contribution in [2.75, 3.05) is 18.4 Å². The number of nitrogens with one attached hydrogen (secondary N) is 1. The van der Waals surface area contributed by atoms with Crippen LogP contribution in [0.5, 0.6) is 0 Å². The van der Waals surface area contributed by atoms with E-state index in [0.717, 1.165) is 16.3 Å². The number of carbonyl (C=O) groups excluding carboxylic acids is 1. The van der Waals surface area contributed by atoms with Crippen LogP contribution in [0.15, 0.2) is 60.9 Å². The largest absolute Gasteiger partial charge is 0.329 e. The van der Waals surface area contributed by atoms with E-state index >= 15 is 0 Å². The van der Waals surface area contributed by atoms with Gasteiger partial charge in [0.15, 0.2) is 0 Å². The SMILES string of the molecule is CC(c1ccc(F)cc1)N(CCN)C(=O)Nc1ccc2cnccc2c1. The Labute approximate surface area is 151 Å². The van der Waals surface area contributed by atoms with Crippen LogP contribution < -0.4 is 11.1 Å². The Balaban J connectivity index is 1.79. The molecule has 3 N–H and O–H groups in total. The van der Waals surface area contributed by atoms with E-state index in [2.05, 4.69) is 10.3 Å². The molecule has 6 heteroatoms. The van der Waals surface area contributed by atoms with Crippen LogP contribution >= 0.6 is 0 Å². The molecule has 1 unspecified atom stereocenters. The lowest BCUT2D eigenvalue weighted by Crippen LogP contribution is -2.40. The summed E-state index contributed by atoms with van der Waals surface area (Å²) in [5.41, 5.74) is 7.23. The van der Waals surface area contributed by atoms with Crippen LogP contribution in [0.1, 0.15) is 18.5 Å². The summed E-state index contributed by atoms with van der Waals surface area (Å²) in [4.78, 5) is 18.5. The standard InChI is InChI=1S/C20H21FN4O/c1-14(15-2-5-18(21)6-3-15)25(11-9-22)20(26)24-19-7-4-17-13-23-10-8-16(17)12-19/h2-8,10,12-14H,9,11,22H2,1H3,(H,24,26). The fourth-order valence-corrected chi connectivity index (χ4v) is 2.89. The quantitative estimate of drug-likeness (QED) is 0.731. The molecular weight excluding hydrogens is 331 g/mol. The number of halogens is 1. The van der Waals surface area contributed by atoms with Gasteiger partial charge in [0, 0.05) is 36.6 Å². The van der Waals surface area contributed by atoms with E-state index in [9.17, 15) is 9.18 Å². The van der Waals surface area contributed by atoms with E-state index in [4.69, 9.17) is 5.73 Å². The molecule has 0 saturated heterocycles. The van der Waals surface area contributed by atoms with E-state index in [-0.39, 0.29) is 17.9 Å². The highest BCUT2D eigenvalue weighted by molar-refractivity contribution is 5.93. The first-order valence-corrected chi connectivity index (χ1v) is 8.45. The van der Waals surface area contributed by atoms with Crippen LogP contribution in [0, 0.1) is 5.82 Å². The summed E-state index contributed by atoms with van der Waals surface area (Å²) in [7, 11) is 0. The minimum atomic E-state index is -0.304. The maximum absolute atomic E-state index is 13.2. The third-order valence-electron chi connectivity index (χ3n) is 4.34. The van der Waals surface area contributed by atoms with Gasteiger partial charge in [-0.3, -0.25) is 4.98 Å². The molecule has 1 atom stereocenters.